The lowest BCUT2D eigenvalue weighted by Crippen LogP contribution is -2.16. The topological polar surface area (TPSA) is 85.5 Å². The van der Waals surface area contributed by atoms with Crippen molar-refractivity contribution in [2.75, 3.05) is 6.79 Å². The number of halogens is 1. The maximum absolute atomic E-state index is 13.0. The van der Waals surface area contributed by atoms with Gasteiger partial charge in [0.2, 0.25) is 22.1 Å². The molecule has 0 radical (unpaired) electrons. The molecule has 0 atom stereocenters. The second-order valence-electron chi connectivity index (χ2n) is 5.19. The zero-order valence-corrected chi connectivity index (χ0v) is 12.9. The van der Waals surface area contributed by atoms with Crippen LogP contribution in [0.1, 0.15) is 0 Å². The molecule has 0 fully saturated rings. The highest BCUT2D eigenvalue weighted by Gasteiger charge is 2.24. The third-order valence-corrected chi connectivity index (χ3v) is 5.53. The first-order chi connectivity index (χ1) is 11.5. The Morgan fingerprint density at radius 1 is 1.04 bits per heavy atom. The molecule has 0 bridgehead atoms. The molecule has 0 saturated carbocycles. The summed E-state index contributed by atoms with van der Waals surface area (Å²) in [4.78, 5) is 14.9. The zero-order chi connectivity index (χ0) is 16.9. The maximum atomic E-state index is 13.0. The quantitative estimate of drug-likeness (QED) is 0.719. The van der Waals surface area contributed by atoms with E-state index in [-0.39, 0.29) is 17.1 Å². The van der Waals surface area contributed by atoms with Crippen LogP contribution in [0.5, 0.6) is 11.5 Å². The SMILES string of the molecule is O=c1c(S(=O)(=O)c2ccc(F)cc2)c[nH]c2cc3c(cc12)OCO3. The first kappa shape index (κ1) is 14.7. The Kier molecular flexibility index (Phi) is 3.10. The van der Waals surface area contributed by atoms with Gasteiger partial charge in [-0.1, -0.05) is 0 Å². The Hall–Kier alpha value is -2.87. The van der Waals surface area contributed by atoms with Crippen LogP contribution < -0.4 is 14.9 Å². The van der Waals surface area contributed by atoms with Gasteiger partial charge in [-0.25, -0.2) is 12.8 Å². The minimum atomic E-state index is -4.07. The monoisotopic (exact) mass is 347 g/mol. The zero-order valence-electron chi connectivity index (χ0n) is 12.1. The number of H-pyrrole nitrogens is 1. The molecule has 122 valence electrons. The highest BCUT2D eigenvalue weighted by molar-refractivity contribution is 7.91. The molecular weight excluding hydrogens is 337 g/mol. The number of fused-ring (bicyclic) bond motifs is 2. The van der Waals surface area contributed by atoms with Gasteiger partial charge >= 0.3 is 0 Å². The van der Waals surface area contributed by atoms with Crippen LogP contribution in [-0.2, 0) is 9.84 Å². The number of hydrogen-bond donors (Lipinski definition) is 1. The lowest BCUT2D eigenvalue weighted by Gasteiger charge is -2.06. The number of ether oxygens (including phenoxy) is 2. The highest BCUT2D eigenvalue weighted by Crippen LogP contribution is 2.34. The van der Waals surface area contributed by atoms with E-state index in [9.17, 15) is 17.6 Å². The largest absolute Gasteiger partial charge is 0.454 e. The van der Waals surface area contributed by atoms with Crippen molar-refractivity contribution in [1.29, 1.82) is 0 Å². The Morgan fingerprint density at radius 2 is 1.71 bits per heavy atom. The maximum Gasteiger partial charge on any atom is 0.231 e. The van der Waals surface area contributed by atoms with Crippen molar-refractivity contribution in [2.45, 2.75) is 9.79 Å². The van der Waals surface area contributed by atoms with E-state index in [0.717, 1.165) is 30.5 Å². The van der Waals surface area contributed by atoms with Crippen molar-refractivity contribution < 1.29 is 22.3 Å². The molecule has 0 unspecified atom stereocenters. The van der Waals surface area contributed by atoms with E-state index in [1.165, 1.54) is 6.07 Å². The minimum absolute atomic E-state index is 0.0422. The molecule has 0 spiro atoms. The number of benzene rings is 2. The summed E-state index contributed by atoms with van der Waals surface area (Å²) in [5.41, 5.74) is -0.228. The average Bonchev–Trinajstić information content (AvgIpc) is 3.01. The first-order valence-electron chi connectivity index (χ1n) is 6.92. The molecule has 6 nitrogen and oxygen atoms in total. The van der Waals surface area contributed by atoms with Gasteiger partial charge in [-0.3, -0.25) is 4.79 Å². The predicted molar refractivity (Wildman–Crippen MR) is 82.5 cm³/mol. The Balaban J connectivity index is 1.94. The van der Waals surface area contributed by atoms with Crippen LogP contribution in [0, 0.1) is 5.82 Å². The first-order valence-corrected chi connectivity index (χ1v) is 8.41. The fraction of sp³-hybridized carbons (Fsp3) is 0.0625. The van der Waals surface area contributed by atoms with E-state index < -0.39 is 26.0 Å². The second kappa shape index (κ2) is 5.07. The molecule has 0 amide bonds. The van der Waals surface area contributed by atoms with Gasteiger partial charge in [0.05, 0.1) is 15.8 Å². The van der Waals surface area contributed by atoms with Crippen molar-refractivity contribution in [3.8, 4) is 11.5 Å². The van der Waals surface area contributed by atoms with Crippen molar-refractivity contribution in [2.24, 2.45) is 0 Å². The number of aromatic nitrogens is 1. The number of nitrogens with one attached hydrogen (secondary N) is 1. The van der Waals surface area contributed by atoms with Crippen molar-refractivity contribution in [1.82, 2.24) is 4.98 Å². The van der Waals surface area contributed by atoms with Crippen molar-refractivity contribution >= 4 is 20.7 Å². The van der Waals surface area contributed by atoms with Crippen LogP contribution in [0.4, 0.5) is 4.39 Å². The van der Waals surface area contributed by atoms with Gasteiger partial charge in [-0.2, -0.15) is 0 Å². The fourth-order valence-corrected chi connectivity index (χ4v) is 3.85. The normalized spacial score (nSPS) is 13.4. The molecular formula is C16H10FNO5S. The van der Waals surface area contributed by atoms with Gasteiger partial charge in [0.15, 0.2) is 11.5 Å². The van der Waals surface area contributed by atoms with E-state index in [4.69, 9.17) is 9.47 Å². The standard InChI is InChI=1S/C16H10FNO5S/c17-9-1-3-10(4-2-9)24(20,21)15-7-18-12-6-14-13(22-8-23-14)5-11(12)16(15)19/h1-7H,8H2,(H,18,19). The van der Waals surface area contributed by atoms with E-state index in [0.29, 0.717) is 17.0 Å². The van der Waals surface area contributed by atoms with E-state index in [1.807, 2.05) is 0 Å². The molecule has 1 aliphatic rings. The summed E-state index contributed by atoms with van der Waals surface area (Å²) in [7, 11) is -4.07. The molecule has 1 aromatic heterocycles. The van der Waals surface area contributed by atoms with Gasteiger partial charge in [0.1, 0.15) is 10.7 Å². The van der Waals surface area contributed by atoms with Crippen LogP contribution in [0.2, 0.25) is 0 Å². The van der Waals surface area contributed by atoms with Crippen molar-refractivity contribution in [3.63, 3.8) is 0 Å². The lowest BCUT2D eigenvalue weighted by atomic mass is 10.2. The number of rotatable bonds is 2. The van der Waals surface area contributed by atoms with E-state index in [1.54, 1.807) is 6.07 Å². The van der Waals surface area contributed by atoms with E-state index in [2.05, 4.69) is 4.98 Å². The summed E-state index contributed by atoms with van der Waals surface area (Å²) in [6.07, 6.45) is 1.13. The van der Waals surface area contributed by atoms with Gasteiger partial charge < -0.3 is 14.5 Å². The van der Waals surface area contributed by atoms with Gasteiger partial charge in [0.25, 0.3) is 0 Å². The Morgan fingerprint density at radius 3 is 2.42 bits per heavy atom. The molecule has 24 heavy (non-hydrogen) atoms. The second-order valence-corrected chi connectivity index (χ2v) is 7.11. The fourth-order valence-electron chi connectivity index (χ4n) is 2.53. The van der Waals surface area contributed by atoms with Crippen molar-refractivity contribution in [3.05, 3.63) is 58.6 Å². The molecule has 3 aromatic rings. The molecule has 0 aliphatic carbocycles. The molecule has 8 heteroatoms. The molecule has 1 N–H and O–H groups in total. The van der Waals surface area contributed by atoms with Crippen LogP contribution in [0.15, 0.2) is 57.2 Å². The molecule has 2 heterocycles. The average molecular weight is 347 g/mol. The van der Waals surface area contributed by atoms with Crippen LogP contribution in [0.25, 0.3) is 10.9 Å². The van der Waals surface area contributed by atoms with Crippen LogP contribution in [-0.4, -0.2) is 20.2 Å². The van der Waals surface area contributed by atoms with Gasteiger partial charge in [-0.15, -0.1) is 0 Å². The van der Waals surface area contributed by atoms with E-state index >= 15 is 0 Å². The van der Waals surface area contributed by atoms with Gasteiger partial charge in [-0.05, 0) is 30.3 Å². The lowest BCUT2D eigenvalue weighted by molar-refractivity contribution is 0.174. The van der Waals surface area contributed by atoms with Crippen LogP contribution >= 0.6 is 0 Å². The Bertz CT molecular complexity index is 1120. The third kappa shape index (κ3) is 2.15. The molecule has 4 rings (SSSR count). The number of hydrogen-bond acceptors (Lipinski definition) is 5. The summed E-state index contributed by atoms with van der Waals surface area (Å²) in [5, 5.41) is 0.169. The molecule has 2 aromatic carbocycles. The summed E-state index contributed by atoms with van der Waals surface area (Å²) in [6, 6.07) is 7.32. The summed E-state index contributed by atoms with van der Waals surface area (Å²) < 4.78 is 48.7. The van der Waals surface area contributed by atoms with Gasteiger partial charge in [0, 0.05) is 12.3 Å². The number of pyridine rings is 1. The number of sulfone groups is 1. The molecule has 1 aliphatic heterocycles. The van der Waals surface area contributed by atoms with Crippen LogP contribution in [0.3, 0.4) is 0 Å². The molecule has 0 saturated heterocycles. The third-order valence-electron chi connectivity index (χ3n) is 3.75. The summed E-state index contributed by atoms with van der Waals surface area (Å²) in [5.74, 6) is 0.297. The summed E-state index contributed by atoms with van der Waals surface area (Å²) >= 11 is 0. The Labute approximate surface area is 135 Å². The summed E-state index contributed by atoms with van der Waals surface area (Å²) in [6.45, 7) is 0.0422. The smallest absolute Gasteiger partial charge is 0.231 e. The number of aromatic amines is 1. The highest BCUT2D eigenvalue weighted by atomic mass is 32.2. The minimum Gasteiger partial charge on any atom is -0.454 e. The predicted octanol–water partition coefficient (Wildman–Crippen LogP) is 2.23.